The van der Waals surface area contributed by atoms with Crippen molar-refractivity contribution in [3.63, 3.8) is 0 Å². The highest BCUT2D eigenvalue weighted by Gasteiger charge is 2.31. The number of rotatable bonds is 10. The Morgan fingerprint density at radius 2 is 1.38 bits per heavy atom. The molecule has 3 aromatic rings. The van der Waals surface area contributed by atoms with E-state index in [1.165, 1.54) is 20.1 Å². The molecule has 1 heterocycles. The van der Waals surface area contributed by atoms with Gasteiger partial charge in [0.05, 0.1) is 21.3 Å². The van der Waals surface area contributed by atoms with Gasteiger partial charge in [0, 0.05) is 12.0 Å². The number of ether oxygens (including phenoxy) is 4. The van der Waals surface area contributed by atoms with Gasteiger partial charge in [-0.15, -0.1) is 0 Å². The number of aromatic hydroxyl groups is 1. The number of methoxy groups -OCH3 is 3. The van der Waals surface area contributed by atoms with Crippen LogP contribution in [0.1, 0.15) is 52.5 Å². The predicted octanol–water partition coefficient (Wildman–Crippen LogP) is 3.55. The van der Waals surface area contributed by atoms with E-state index in [0.29, 0.717) is 0 Å². The van der Waals surface area contributed by atoms with Crippen molar-refractivity contribution in [2.24, 2.45) is 0 Å². The van der Waals surface area contributed by atoms with Gasteiger partial charge in [-0.25, -0.2) is 4.79 Å². The fourth-order valence-electron chi connectivity index (χ4n) is 4.48. The van der Waals surface area contributed by atoms with E-state index >= 15 is 0 Å². The number of carbonyl (C=O) groups is 2. The lowest BCUT2D eigenvalue weighted by Gasteiger charge is -2.27. The quantitative estimate of drug-likeness (QED) is 0.228. The van der Waals surface area contributed by atoms with Gasteiger partial charge in [-0.1, -0.05) is 24.3 Å². The van der Waals surface area contributed by atoms with Crippen molar-refractivity contribution in [3.05, 3.63) is 81.8 Å². The summed E-state index contributed by atoms with van der Waals surface area (Å²) >= 11 is 0. The second-order valence-corrected chi connectivity index (χ2v) is 9.18. The van der Waals surface area contributed by atoms with Gasteiger partial charge in [0.2, 0.25) is 5.75 Å². The summed E-state index contributed by atoms with van der Waals surface area (Å²) in [7, 11) is 4.50. The second-order valence-electron chi connectivity index (χ2n) is 9.18. The van der Waals surface area contributed by atoms with Crippen LogP contribution in [-0.4, -0.2) is 50.5 Å². The lowest BCUT2D eigenvalue weighted by molar-refractivity contribution is -0.608. The van der Waals surface area contributed by atoms with Crippen LogP contribution in [-0.2, 0) is 9.53 Å². The number of pyridine rings is 1. The van der Waals surface area contributed by atoms with Gasteiger partial charge in [-0.2, -0.15) is 4.73 Å². The third-order valence-corrected chi connectivity index (χ3v) is 6.50. The molecule has 0 saturated heterocycles. The molecule has 0 bridgehead atoms. The predicted molar refractivity (Wildman–Crippen MR) is 143 cm³/mol. The van der Waals surface area contributed by atoms with Gasteiger partial charge >= 0.3 is 17.6 Å². The van der Waals surface area contributed by atoms with Crippen LogP contribution in [0.5, 0.6) is 23.0 Å². The Balaban J connectivity index is 1.87. The van der Waals surface area contributed by atoms with Crippen LogP contribution >= 0.6 is 0 Å². The molecule has 0 aliphatic rings. The lowest BCUT2D eigenvalue weighted by Crippen LogP contribution is -2.46. The standard InChI is InChI=1S/C29H34N2O8/c1-16-14-20(8-10-22(16)36-5)25(21-9-11-23(37-6)17(2)15-21)19(4)39-29(34)18(3)30-28(33)26-27(32)24(38-7)12-13-31(26)35/h8-15,18-19,25,32H,1-7H3,(H,30,33)/t18-,19-/m0/s1. The number of esters is 1. The van der Waals surface area contributed by atoms with Crippen molar-refractivity contribution >= 4 is 11.9 Å². The Kier molecular flexibility index (Phi) is 9.24. The maximum atomic E-state index is 13.1. The molecule has 1 aromatic heterocycles. The van der Waals surface area contributed by atoms with Gasteiger partial charge < -0.3 is 34.6 Å². The molecule has 0 unspecified atom stereocenters. The molecular weight excluding hydrogens is 504 g/mol. The zero-order valence-electron chi connectivity index (χ0n) is 23.1. The van der Waals surface area contributed by atoms with Gasteiger partial charge in [0.25, 0.3) is 0 Å². The fourth-order valence-corrected chi connectivity index (χ4v) is 4.48. The summed E-state index contributed by atoms with van der Waals surface area (Å²) in [6.07, 6.45) is 0.378. The smallest absolute Gasteiger partial charge is 0.328 e. The Morgan fingerprint density at radius 1 is 0.872 bits per heavy atom. The van der Waals surface area contributed by atoms with E-state index in [9.17, 15) is 19.9 Å². The molecule has 39 heavy (non-hydrogen) atoms. The average Bonchev–Trinajstić information content (AvgIpc) is 2.89. The number of nitrogens with one attached hydrogen (secondary N) is 1. The van der Waals surface area contributed by atoms with E-state index in [2.05, 4.69) is 5.32 Å². The summed E-state index contributed by atoms with van der Waals surface area (Å²) in [4.78, 5) is 25.8. The van der Waals surface area contributed by atoms with Gasteiger partial charge in [0.1, 0.15) is 23.6 Å². The number of amides is 1. The molecule has 2 atom stereocenters. The van der Waals surface area contributed by atoms with Crippen LogP contribution in [0, 0.1) is 19.1 Å². The molecule has 0 radical (unpaired) electrons. The summed E-state index contributed by atoms with van der Waals surface area (Å²) in [6.45, 7) is 7.07. The van der Waals surface area contributed by atoms with Crippen molar-refractivity contribution in [2.45, 2.75) is 45.8 Å². The van der Waals surface area contributed by atoms with Crippen molar-refractivity contribution in [1.82, 2.24) is 5.32 Å². The Morgan fingerprint density at radius 3 is 1.85 bits per heavy atom. The number of nitrogens with zero attached hydrogens (tertiary/aromatic N) is 1. The molecule has 0 fully saturated rings. The summed E-state index contributed by atoms with van der Waals surface area (Å²) in [5.41, 5.74) is 3.07. The first-order chi connectivity index (χ1) is 18.5. The molecule has 10 heteroatoms. The summed E-state index contributed by atoms with van der Waals surface area (Å²) in [5, 5.41) is 24.8. The summed E-state index contributed by atoms with van der Waals surface area (Å²) in [5.74, 6) is -1.23. The molecule has 0 spiro atoms. The number of carbonyl (C=O) groups excluding carboxylic acids is 2. The minimum atomic E-state index is -1.12. The Bertz CT molecular complexity index is 1300. The molecule has 208 valence electrons. The first-order valence-corrected chi connectivity index (χ1v) is 12.3. The fraction of sp³-hybridized carbons (Fsp3) is 0.345. The van der Waals surface area contributed by atoms with Crippen molar-refractivity contribution in [1.29, 1.82) is 0 Å². The zero-order valence-corrected chi connectivity index (χ0v) is 23.1. The van der Waals surface area contributed by atoms with Crippen LogP contribution < -0.4 is 24.3 Å². The molecule has 0 saturated carbocycles. The van der Waals surface area contributed by atoms with E-state index in [4.69, 9.17) is 18.9 Å². The van der Waals surface area contributed by atoms with E-state index in [-0.39, 0.29) is 16.4 Å². The molecule has 3 rings (SSSR count). The van der Waals surface area contributed by atoms with E-state index in [1.807, 2.05) is 50.2 Å². The Hall–Kier alpha value is -4.47. The molecule has 1 amide bonds. The normalized spacial score (nSPS) is 12.4. The molecular formula is C29H34N2O8. The number of hydrogen-bond acceptors (Lipinski definition) is 8. The molecule has 0 aliphatic carbocycles. The topological polar surface area (TPSA) is 130 Å². The highest BCUT2D eigenvalue weighted by atomic mass is 16.5. The second kappa shape index (κ2) is 12.4. The minimum absolute atomic E-state index is 0.0523. The Labute approximate surface area is 227 Å². The molecule has 0 aliphatic heterocycles. The minimum Gasteiger partial charge on any atom is -0.618 e. The number of aryl methyl sites for hydroxylation is 2. The highest BCUT2D eigenvalue weighted by Crippen LogP contribution is 2.35. The molecule has 2 aromatic carbocycles. The van der Waals surface area contributed by atoms with Crippen LogP contribution in [0.2, 0.25) is 0 Å². The first kappa shape index (κ1) is 29.1. The summed E-state index contributed by atoms with van der Waals surface area (Å²) in [6, 6.07) is 11.6. The van der Waals surface area contributed by atoms with Crippen molar-refractivity contribution in [3.8, 4) is 23.0 Å². The average molecular weight is 539 g/mol. The largest absolute Gasteiger partial charge is 0.618 e. The van der Waals surface area contributed by atoms with Crippen LogP contribution in [0.25, 0.3) is 0 Å². The van der Waals surface area contributed by atoms with Gasteiger partial charge in [-0.3, -0.25) is 4.79 Å². The SMILES string of the molecule is COc1ccc(C(c2ccc(OC)c(C)c2)[C@H](C)OC(=O)[C@H](C)NC(=O)c2c(O)c(OC)cc[n+]2[O-])cc1C. The van der Waals surface area contributed by atoms with Gasteiger partial charge in [0.15, 0.2) is 11.9 Å². The van der Waals surface area contributed by atoms with Crippen LogP contribution in [0.3, 0.4) is 0 Å². The van der Waals surface area contributed by atoms with E-state index in [1.54, 1.807) is 21.1 Å². The van der Waals surface area contributed by atoms with Gasteiger partial charge in [-0.05, 0) is 62.1 Å². The zero-order chi connectivity index (χ0) is 28.9. The van der Waals surface area contributed by atoms with Crippen LogP contribution in [0.15, 0.2) is 48.7 Å². The first-order valence-electron chi connectivity index (χ1n) is 12.3. The third-order valence-electron chi connectivity index (χ3n) is 6.50. The lowest BCUT2D eigenvalue weighted by atomic mass is 9.85. The maximum Gasteiger partial charge on any atom is 0.328 e. The highest BCUT2D eigenvalue weighted by molar-refractivity contribution is 5.96. The van der Waals surface area contributed by atoms with Crippen molar-refractivity contribution < 1.29 is 38.4 Å². The summed E-state index contributed by atoms with van der Waals surface area (Å²) < 4.78 is 21.8. The number of aromatic nitrogens is 1. The third kappa shape index (κ3) is 6.34. The molecule has 2 N–H and O–H groups in total. The van der Waals surface area contributed by atoms with E-state index in [0.717, 1.165) is 39.9 Å². The van der Waals surface area contributed by atoms with Crippen molar-refractivity contribution in [2.75, 3.05) is 21.3 Å². The number of hydrogen-bond donors (Lipinski definition) is 2. The molecule has 10 nitrogen and oxygen atoms in total. The van der Waals surface area contributed by atoms with E-state index < -0.39 is 35.5 Å². The maximum absolute atomic E-state index is 13.1. The van der Waals surface area contributed by atoms with Crippen LogP contribution in [0.4, 0.5) is 0 Å². The number of benzene rings is 2. The monoisotopic (exact) mass is 538 g/mol.